The smallest absolute Gasteiger partial charge is 0.213 e. The molecule has 88 valence electrons. The fourth-order valence-electron chi connectivity index (χ4n) is 1.57. The highest BCUT2D eigenvalue weighted by Crippen LogP contribution is 2.19. The van der Waals surface area contributed by atoms with Gasteiger partial charge in [-0.3, -0.25) is 14.5 Å². The largest absolute Gasteiger partial charge is 0.287 e. The third kappa shape index (κ3) is 2.29. The summed E-state index contributed by atoms with van der Waals surface area (Å²) in [5.41, 5.74) is 2.04. The Bertz CT molecular complexity index is 545. The zero-order chi connectivity index (χ0) is 12.4. The number of hydrogen-bond acceptors (Lipinski definition) is 3. The summed E-state index contributed by atoms with van der Waals surface area (Å²) >= 11 is 3.35. The topological polar surface area (TPSA) is 47.8 Å². The van der Waals surface area contributed by atoms with Crippen LogP contribution in [0.1, 0.15) is 28.7 Å². The van der Waals surface area contributed by atoms with E-state index in [1.165, 1.54) is 0 Å². The molecule has 4 nitrogen and oxygen atoms in total. The molecule has 5 heteroatoms. The van der Waals surface area contributed by atoms with Gasteiger partial charge in [-0.05, 0) is 41.9 Å². The van der Waals surface area contributed by atoms with Crippen molar-refractivity contribution in [2.24, 2.45) is 0 Å². The maximum Gasteiger partial charge on any atom is 0.213 e. The second-order valence-corrected chi connectivity index (χ2v) is 4.53. The lowest BCUT2D eigenvalue weighted by molar-refractivity contribution is 0.102. The van der Waals surface area contributed by atoms with E-state index in [4.69, 9.17) is 0 Å². The van der Waals surface area contributed by atoms with Gasteiger partial charge in [0.1, 0.15) is 5.69 Å². The molecule has 0 aromatic carbocycles. The van der Waals surface area contributed by atoms with Gasteiger partial charge in [-0.2, -0.15) is 5.10 Å². The molecule has 0 N–H and O–H groups in total. The van der Waals surface area contributed by atoms with Crippen molar-refractivity contribution >= 4 is 21.7 Å². The van der Waals surface area contributed by atoms with Crippen LogP contribution >= 0.6 is 15.9 Å². The summed E-state index contributed by atoms with van der Waals surface area (Å²) in [4.78, 5) is 16.4. The second-order valence-electron chi connectivity index (χ2n) is 3.67. The number of aromatic nitrogens is 3. The molecule has 2 aromatic rings. The van der Waals surface area contributed by atoms with E-state index < -0.39 is 0 Å². The molecule has 0 spiro atoms. The van der Waals surface area contributed by atoms with Crippen molar-refractivity contribution in [2.45, 2.75) is 20.4 Å². The van der Waals surface area contributed by atoms with Crippen molar-refractivity contribution in [3.63, 3.8) is 0 Å². The number of carbonyl (C=O) groups is 1. The van der Waals surface area contributed by atoms with Crippen molar-refractivity contribution in [3.8, 4) is 0 Å². The van der Waals surface area contributed by atoms with E-state index in [2.05, 4.69) is 26.0 Å². The lowest BCUT2D eigenvalue weighted by Gasteiger charge is -2.04. The van der Waals surface area contributed by atoms with Crippen LogP contribution in [-0.4, -0.2) is 20.5 Å². The maximum atomic E-state index is 12.3. The second kappa shape index (κ2) is 4.79. The van der Waals surface area contributed by atoms with Gasteiger partial charge in [0.15, 0.2) is 0 Å². The molecular weight excluding hydrogens is 282 g/mol. The average Bonchev–Trinajstić information content (AvgIpc) is 2.70. The standard InChI is InChI=1S/C12H12BrN3O/c1-3-16-11(10(13)7-15-16)12(17)9-5-4-8(2)14-6-9/h4-7H,3H2,1-2H3. The molecule has 0 fully saturated rings. The number of rotatable bonds is 3. The Balaban J connectivity index is 2.43. The van der Waals surface area contributed by atoms with E-state index in [9.17, 15) is 4.79 Å². The van der Waals surface area contributed by atoms with Crippen LogP contribution in [0.2, 0.25) is 0 Å². The van der Waals surface area contributed by atoms with Crippen LogP contribution in [0.15, 0.2) is 29.0 Å². The first-order valence-corrected chi connectivity index (χ1v) is 6.11. The fourth-order valence-corrected chi connectivity index (χ4v) is 2.04. The monoisotopic (exact) mass is 293 g/mol. The van der Waals surface area contributed by atoms with Gasteiger partial charge in [0.05, 0.1) is 10.7 Å². The minimum absolute atomic E-state index is 0.0660. The summed E-state index contributed by atoms with van der Waals surface area (Å²) < 4.78 is 2.39. The minimum atomic E-state index is -0.0660. The summed E-state index contributed by atoms with van der Waals surface area (Å²) in [5, 5.41) is 4.13. The quantitative estimate of drug-likeness (QED) is 0.817. The summed E-state index contributed by atoms with van der Waals surface area (Å²) in [6.45, 7) is 4.50. The molecule has 0 aliphatic heterocycles. The lowest BCUT2D eigenvalue weighted by atomic mass is 10.1. The molecule has 0 unspecified atom stereocenters. The van der Waals surface area contributed by atoms with Crippen LogP contribution in [0, 0.1) is 6.92 Å². The summed E-state index contributed by atoms with van der Waals surface area (Å²) in [5.74, 6) is -0.0660. The number of halogens is 1. The Morgan fingerprint density at radius 1 is 1.41 bits per heavy atom. The molecule has 2 heterocycles. The van der Waals surface area contributed by atoms with Crippen molar-refractivity contribution in [1.82, 2.24) is 14.8 Å². The Labute approximate surface area is 108 Å². The molecule has 0 atom stereocenters. The number of ketones is 1. The first kappa shape index (κ1) is 12.0. The molecule has 0 bridgehead atoms. The normalized spacial score (nSPS) is 10.5. The third-order valence-electron chi connectivity index (χ3n) is 2.48. The van der Waals surface area contributed by atoms with Crippen molar-refractivity contribution in [1.29, 1.82) is 0 Å². The molecule has 2 rings (SSSR count). The molecule has 0 radical (unpaired) electrons. The summed E-state index contributed by atoms with van der Waals surface area (Å²) in [6, 6.07) is 3.61. The van der Waals surface area contributed by atoms with E-state index in [-0.39, 0.29) is 5.78 Å². The Morgan fingerprint density at radius 3 is 2.76 bits per heavy atom. The van der Waals surface area contributed by atoms with E-state index in [0.717, 1.165) is 5.69 Å². The lowest BCUT2D eigenvalue weighted by Crippen LogP contribution is -2.11. The Hall–Kier alpha value is -1.49. The minimum Gasteiger partial charge on any atom is -0.287 e. The highest BCUT2D eigenvalue weighted by Gasteiger charge is 2.18. The number of nitrogens with zero attached hydrogens (tertiary/aromatic N) is 3. The summed E-state index contributed by atoms with van der Waals surface area (Å²) in [7, 11) is 0. The van der Waals surface area contributed by atoms with Crippen LogP contribution in [0.3, 0.4) is 0 Å². The third-order valence-corrected chi connectivity index (χ3v) is 3.06. The number of carbonyl (C=O) groups excluding carboxylic acids is 1. The van der Waals surface area contributed by atoms with Gasteiger partial charge in [-0.15, -0.1) is 0 Å². The van der Waals surface area contributed by atoms with Gasteiger partial charge in [0.2, 0.25) is 5.78 Å². The van der Waals surface area contributed by atoms with Gasteiger partial charge in [-0.1, -0.05) is 0 Å². The van der Waals surface area contributed by atoms with E-state index in [1.54, 1.807) is 23.1 Å². The average molecular weight is 294 g/mol. The van der Waals surface area contributed by atoms with Gasteiger partial charge in [0, 0.05) is 24.0 Å². The fraction of sp³-hybridized carbons (Fsp3) is 0.250. The van der Waals surface area contributed by atoms with Gasteiger partial charge in [-0.25, -0.2) is 0 Å². The van der Waals surface area contributed by atoms with Crippen LogP contribution in [-0.2, 0) is 6.54 Å². The Kier molecular flexibility index (Phi) is 3.38. The van der Waals surface area contributed by atoms with E-state index in [1.807, 2.05) is 19.9 Å². The number of pyridine rings is 1. The van der Waals surface area contributed by atoms with Crippen molar-refractivity contribution in [2.75, 3.05) is 0 Å². The first-order chi connectivity index (χ1) is 8.13. The number of aryl methyl sites for hydroxylation is 2. The van der Waals surface area contributed by atoms with Crippen LogP contribution in [0.4, 0.5) is 0 Å². The number of hydrogen-bond donors (Lipinski definition) is 0. The van der Waals surface area contributed by atoms with Crippen molar-refractivity contribution in [3.05, 3.63) is 46.0 Å². The highest BCUT2D eigenvalue weighted by molar-refractivity contribution is 9.10. The molecule has 0 aliphatic rings. The van der Waals surface area contributed by atoms with Crippen LogP contribution < -0.4 is 0 Å². The molecular formula is C12H12BrN3O. The van der Waals surface area contributed by atoms with E-state index >= 15 is 0 Å². The van der Waals surface area contributed by atoms with Gasteiger partial charge >= 0.3 is 0 Å². The molecule has 0 aliphatic carbocycles. The van der Waals surface area contributed by atoms with Crippen LogP contribution in [0.25, 0.3) is 0 Å². The van der Waals surface area contributed by atoms with Crippen LogP contribution in [0.5, 0.6) is 0 Å². The molecule has 0 saturated carbocycles. The molecule has 0 amide bonds. The SMILES string of the molecule is CCn1ncc(Br)c1C(=O)c1ccc(C)nc1. The molecule has 0 saturated heterocycles. The highest BCUT2D eigenvalue weighted by atomic mass is 79.9. The predicted molar refractivity (Wildman–Crippen MR) is 68.0 cm³/mol. The Morgan fingerprint density at radius 2 is 2.18 bits per heavy atom. The molecule has 17 heavy (non-hydrogen) atoms. The van der Waals surface area contributed by atoms with Crippen molar-refractivity contribution < 1.29 is 4.79 Å². The predicted octanol–water partition coefficient (Wildman–Crippen LogP) is 2.60. The molecule has 2 aromatic heterocycles. The van der Waals surface area contributed by atoms with Gasteiger partial charge in [0.25, 0.3) is 0 Å². The zero-order valence-electron chi connectivity index (χ0n) is 9.64. The summed E-state index contributed by atoms with van der Waals surface area (Å²) in [6.07, 6.45) is 3.23. The van der Waals surface area contributed by atoms with E-state index in [0.29, 0.717) is 22.3 Å². The van der Waals surface area contributed by atoms with Gasteiger partial charge < -0.3 is 0 Å². The maximum absolute atomic E-state index is 12.3. The zero-order valence-corrected chi connectivity index (χ0v) is 11.2. The first-order valence-electron chi connectivity index (χ1n) is 5.32.